The average Bonchev–Trinajstić information content (AvgIpc) is 3.36. The van der Waals surface area contributed by atoms with Crippen molar-refractivity contribution in [2.75, 3.05) is 11.1 Å². The minimum atomic E-state index is -3.18. The van der Waals surface area contributed by atoms with Crippen LogP contribution in [0.15, 0.2) is 40.2 Å². The third-order valence-corrected chi connectivity index (χ3v) is 6.90. The maximum Gasteiger partial charge on any atom is 0.261 e. The summed E-state index contributed by atoms with van der Waals surface area (Å²) in [6, 6.07) is 6.79. The van der Waals surface area contributed by atoms with Crippen molar-refractivity contribution in [3.8, 4) is 0 Å². The molecule has 3 N–H and O–H groups in total. The molecule has 138 valence electrons. The standard InChI is InChI=1S/C18H17N5O3S/c19-16(10-1-2-10)23-13-5-7-20-18(24)15(13)17(22-23)21-12-3-4-14-11(9-12)6-8-27(14,25)26/h3-5,7,9-10,19H,1-2,6,8H2,(H,20,24)(H,21,22). The molecule has 1 aliphatic carbocycles. The van der Waals surface area contributed by atoms with E-state index in [-0.39, 0.29) is 17.2 Å². The Labute approximate surface area is 154 Å². The molecule has 1 aromatic carbocycles. The van der Waals surface area contributed by atoms with Crippen LogP contribution >= 0.6 is 0 Å². The lowest BCUT2D eigenvalue weighted by Gasteiger charge is -2.06. The second-order valence-electron chi connectivity index (χ2n) is 7.00. The van der Waals surface area contributed by atoms with Crippen LogP contribution in [-0.4, -0.2) is 34.8 Å². The Morgan fingerprint density at radius 2 is 2.11 bits per heavy atom. The number of aromatic nitrogens is 3. The van der Waals surface area contributed by atoms with Crippen LogP contribution in [0.2, 0.25) is 0 Å². The molecule has 0 bridgehead atoms. The van der Waals surface area contributed by atoms with E-state index in [1.807, 2.05) is 0 Å². The van der Waals surface area contributed by atoms with Crippen molar-refractivity contribution < 1.29 is 8.42 Å². The van der Waals surface area contributed by atoms with Gasteiger partial charge in [-0.15, -0.1) is 5.10 Å². The molecule has 1 fully saturated rings. The zero-order chi connectivity index (χ0) is 18.8. The van der Waals surface area contributed by atoms with Crippen LogP contribution in [-0.2, 0) is 16.3 Å². The van der Waals surface area contributed by atoms with Gasteiger partial charge < -0.3 is 10.3 Å². The van der Waals surface area contributed by atoms with Gasteiger partial charge in [0, 0.05) is 17.8 Å². The van der Waals surface area contributed by atoms with Crippen molar-refractivity contribution in [3.05, 3.63) is 46.4 Å². The molecule has 0 unspecified atom stereocenters. The smallest absolute Gasteiger partial charge is 0.261 e. The molecular weight excluding hydrogens is 366 g/mol. The van der Waals surface area contributed by atoms with Crippen molar-refractivity contribution >= 4 is 38.1 Å². The molecular formula is C18H17N5O3S. The number of nitrogens with one attached hydrogen (secondary N) is 3. The Morgan fingerprint density at radius 3 is 2.89 bits per heavy atom. The van der Waals surface area contributed by atoms with Gasteiger partial charge in [0.2, 0.25) is 0 Å². The van der Waals surface area contributed by atoms with E-state index in [9.17, 15) is 13.2 Å². The molecule has 0 radical (unpaired) electrons. The number of H-pyrrole nitrogens is 1. The Hall–Kier alpha value is -2.94. The predicted octanol–water partition coefficient (Wildman–Crippen LogP) is 2.03. The molecule has 0 amide bonds. The van der Waals surface area contributed by atoms with Gasteiger partial charge in [-0.25, -0.2) is 13.1 Å². The van der Waals surface area contributed by atoms with Gasteiger partial charge in [0.05, 0.1) is 16.2 Å². The summed E-state index contributed by atoms with van der Waals surface area (Å²) in [5, 5.41) is 16.3. The summed E-state index contributed by atoms with van der Waals surface area (Å²) in [6.45, 7) is 0. The lowest BCUT2D eigenvalue weighted by molar-refractivity contribution is 0.600. The molecule has 3 aromatic rings. The Balaban J connectivity index is 1.60. The van der Waals surface area contributed by atoms with E-state index in [4.69, 9.17) is 5.41 Å². The highest BCUT2D eigenvalue weighted by Crippen LogP contribution is 2.33. The number of rotatable bonds is 3. The first-order valence-electron chi connectivity index (χ1n) is 8.76. The maximum atomic E-state index is 12.4. The molecule has 8 nitrogen and oxygen atoms in total. The Bertz CT molecular complexity index is 1270. The van der Waals surface area contributed by atoms with Crippen molar-refractivity contribution in [1.29, 1.82) is 5.41 Å². The highest BCUT2D eigenvalue weighted by atomic mass is 32.2. The van der Waals surface area contributed by atoms with Crippen LogP contribution in [0.5, 0.6) is 0 Å². The molecule has 1 aliphatic heterocycles. The number of hydrogen-bond donors (Lipinski definition) is 3. The zero-order valence-electron chi connectivity index (χ0n) is 14.3. The first kappa shape index (κ1) is 16.2. The Morgan fingerprint density at radius 1 is 1.30 bits per heavy atom. The minimum Gasteiger partial charge on any atom is -0.338 e. The Kier molecular flexibility index (Phi) is 3.33. The maximum absolute atomic E-state index is 12.4. The number of hydrogen-bond acceptors (Lipinski definition) is 6. The predicted molar refractivity (Wildman–Crippen MR) is 102 cm³/mol. The summed E-state index contributed by atoms with van der Waals surface area (Å²) >= 11 is 0. The molecule has 2 aliphatic rings. The van der Waals surface area contributed by atoms with Crippen LogP contribution in [0, 0.1) is 11.3 Å². The summed E-state index contributed by atoms with van der Waals surface area (Å²) in [6.07, 6.45) is 3.96. The number of nitrogens with zero attached hydrogens (tertiary/aromatic N) is 2. The first-order chi connectivity index (χ1) is 12.9. The van der Waals surface area contributed by atoms with E-state index >= 15 is 0 Å². The van der Waals surface area contributed by atoms with Crippen molar-refractivity contribution in [1.82, 2.24) is 14.8 Å². The normalized spacial score (nSPS) is 17.8. The number of sulfone groups is 1. The molecule has 5 rings (SSSR count). The molecule has 0 saturated heterocycles. The summed E-state index contributed by atoms with van der Waals surface area (Å²) in [7, 11) is -3.18. The van der Waals surface area contributed by atoms with E-state index < -0.39 is 9.84 Å². The number of benzene rings is 1. The fourth-order valence-electron chi connectivity index (χ4n) is 3.53. The van der Waals surface area contributed by atoms with Gasteiger partial charge >= 0.3 is 0 Å². The molecule has 0 atom stereocenters. The third-order valence-electron chi connectivity index (χ3n) is 5.09. The van der Waals surface area contributed by atoms with Gasteiger partial charge in [-0.05, 0) is 49.1 Å². The van der Waals surface area contributed by atoms with Gasteiger partial charge in [0.25, 0.3) is 5.56 Å². The number of aryl methyl sites for hydroxylation is 1. The van der Waals surface area contributed by atoms with E-state index in [1.165, 1.54) is 4.68 Å². The second kappa shape index (κ2) is 5.53. The van der Waals surface area contributed by atoms with Crippen LogP contribution in [0.25, 0.3) is 10.9 Å². The number of pyridine rings is 1. The van der Waals surface area contributed by atoms with E-state index in [2.05, 4.69) is 15.4 Å². The molecule has 1 saturated carbocycles. The van der Waals surface area contributed by atoms with Crippen LogP contribution in [0.1, 0.15) is 18.4 Å². The van der Waals surface area contributed by atoms with E-state index in [0.717, 1.165) is 18.4 Å². The van der Waals surface area contributed by atoms with Crippen LogP contribution in [0.3, 0.4) is 0 Å². The van der Waals surface area contributed by atoms with Crippen molar-refractivity contribution in [2.45, 2.75) is 24.2 Å². The van der Waals surface area contributed by atoms with E-state index in [1.54, 1.807) is 30.5 Å². The first-order valence-corrected chi connectivity index (χ1v) is 10.4. The second-order valence-corrected chi connectivity index (χ2v) is 9.08. The number of fused-ring (bicyclic) bond motifs is 2. The van der Waals surface area contributed by atoms with Gasteiger partial charge in [0.15, 0.2) is 15.7 Å². The van der Waals surface area contributed by atoms with Crippen molar-refractivity contribution in [3.63, 3.8) is 0 Å². The summed E-state index contributed by atoms with van der Waals surface area (Å²) in [5.74, 6) is 1.06. The molecule has 0 spiro atoms. The van der Waals surface area contributed by atoms with Crippen LogP contribution in [0.4, 0.5) is 11.5 Å². The monoisotopic (exact) mass is 383 g/mol. The molecule has 2 aromatic heterocycles. The third kappa shape index (κ3) is 2.57. The minimum absolute atomic E-state index is 0.127. The highest BCUT2D eigenvalue weighted by Gasteiger charge is 2.30. The van der Waals surface area contributed by atoms with Gasteiger partial charge in [-0.1, -0.05) is 0 Å². The lowest BCUT2D eigenvalue weighted by Crippen LogP contribution is -2.14. The SMILES string of the molecule is N=C(C1CC1)n1nc(Nc2ccc3c(c2)CCS3(=O)=O)c2c(=O)[nH]ccc21. The molecule has 9 heteroatoms. The van der Waals surface area contributed by atoms with Gasteiger partial charge in [0.1, 0.15) is 11.2 Å². The zero-order valence-corrected chi connectivity index (χ0v) is 15.1. The van der Waals surface area contributed by atoms with Crippen LogP contribution < -0.4 is 10.9 Å². The van der Waals surface area contributed by atoms with Gasteiger partial charge in [-0.3, -0.25) is 10.2 Å². The fourth-order valence-corrected chi connectivity index (χ4v) is 5.07. The summed E-state index contributed by atoms with van der Waals surface area (Å²) in [4.78, 5) is 15.4. The fraction of sp³-hybridized carbons (Fsp3) is 0.278. The number of aromatic amines is 1. The van der Waals surface area contributed by atoms with E-state index in [0.29, 0.717) is 39.6 Å². The van der Waals surface area contributed by atoms with Crippen molar-refractivity contribution in [2.24, 2.45) is 5.92 Å². The summed E-state index contributed by atoms with van der Waals surface area (Å²) in [5.41, 5.74) is 1.73. The molecule has 3 heterocycles. The molecule has 27 heavy (non-hydrogen) atoms. The summed E-state index contributed by atoms with van der Waals surface area (Å²) < 4.78 is 25.5. The average molecular weight is 383 g/mol. The number of anilines is 2. The highest BCUT2D eigenvalue weighted by molar-refractivity contribution is 7.91. The largest absolute Gasteiger partial charge is 0.338 e. The lowest BCUT2D eigenvalue weighted by atomic mass is 10.1. The topological polar surface area (TPSA) is 121 Å². The van der Waals surface area contributed by atoms with Gasteiger partial charge in [-0.2, -0.15) is 0 Å². The quantitative estimate of drug-likeness (QED) is 0.472.